The van der Waals surface area contributed by atoms with Crippen LogP contribution < -0.4 is 10.1 Å². The molecule has 4 nitrogen and oxygen atoms in total. The van der Waals surface area contributed by atoms with Crippen LogP contribution in [0, 0.1) is 6.92 Å². The van der Waals surface area contributed by atoms with Gasteiger partial charge in [0.2, 0.25) is 0 Å². The Morgan fingerprint density at radius 1 is 1.25 bits per heavy atom. The van der Waals surface area contributed by atoms with Crippen molar-refractivity contribution in [1.82, 2.24) is 4.98 Å². The van der Waals surface area contributed by atoms with Crippen molar-refractivity contribution in [3.63, 3.8) is 0 Å². The second kappa shape index (κ2) is 7.47. The van der Waals surface area contributed by atoms with E-state index < -0.39 is 0 Å². The number of nitrogens with one attached hydrogen (secondary N) is 1. The van der Waals surface area contributed by atoms with Gasteiger partial charge in [-0.15, -0.1) is 11.3 Å². The standard InChI is InChI=1S/C18H15ClN2O2S/c1-12-9-14(7-8-15(12)19)23-10-17-21-16(11-24-17)18(22)20-13-5-3-2-4-6-13/h2-9,11H,10H2,1H3,(H,20,22). The second-order valence-corrected chi connectivity index (χ2v) is 6.50. The largest absolute Gasteiger partial charge is 0.486 e. The fourth-order valence-electron chi connectivity index (χ4n) is 2.05. The third-order valence-electron chi connectivity index (χ3n) is 3.31. The Morgan fingerprint density at radius 3 is 2.79 bits per heavy atom. The number of carbonyl (C=O) groups excluding carboxylic acids is 1. The second-order valence-electron chi connectivity index (χ2n) is 5.15. The van der Waals surface area contributed by atoms with Crippen LogP contribution in [0.4, 0.5) is 5.69 Å². The Kier molecular flexibility index (Phi) is 5.13. The van der Waals surface area contributed by atoms with Gasteiger partial charge < -0.3 is 10.1 Å². The normalized spacial score (nSPS) is 10.4. The van der Waals surface area contributed by atoms with Gasteiger partial charge in [0.15, 0.2) is 0 Å². The molecular formula is C18H15ClN2O2S. The number of amides is 1. The molecule has 0 saturated heterocycles. The monoisotopic (exact) mass is 358 g/mol. The first kappa shape index (κ1) is 16.5. The lowest BCUT2D eigenvalue weighted by atomic mass is 10.2. The molecule has 0 saturated carbocycles. The Morgan fingerprint density at radius 2 is 2.04 bits per heavy atom. The maximum Gasteiger partial charge on any atom is 0.275 e. The number of hydrogen-bond donors (Lipinski definition) is 1. The molecule has 0 radical (unpaired) electrons. The van der Waals surface area contributed by atoms with E-state index in [1.807, 2.05) is 49.4 Å². The maximum atomic E-state index is 12.2. The fourth-order valence-corrected chi connectivity index (χ4v) is 2.85. The summed E-state index contributed by atoms with van der Waals surface area (Å²) >= 11 is 7.38. The van der Waals surface area contributed by atoms with Crippen LogP contribution in [0.2, 0.25) is 5.02 Å². The minimum atomic E-state index is -0.231. The van der Waals surface area contributed by atoms with Gasteiger partial charge in [-0.1, -0.05) is 29.8 Å². The number of benzene rings is 2. The van der Waals surface area contributed by atoms with E-state index in [-0.39, 0.29) is 5.91 Å². The Labute approximate surface area is 149 Å². The number of carbonyl (C=O) groups is 1. The Bertz CT molecular complexity index is 849. The lowest BCUT2D eigenvalue weighted by Gasteiger charge is -2.06. The van der Waals surface area contributed by atoms with Crippen molar-refractivity contribution < 1.29 is 9.53 Å². The zero-order valence-electron chi connectivity index (χ0n) is 13.0. The van der Waals surface area contributed by atoms with E-state index in [1.165, 1.54) is 11.3 Å². The van der Waals surface area contributed by atoms with Crippen molar-refractivity contribution in [3.8, 4) is 5.75 Å². The van der Waals surface area contributed by atoms with Gasteiger partial charge in [-0.3, -0.25) is 4.79 Å². The zero-order chi connectivity index (χ0) is 16.9. The smallest absolute Gasteiger partial charge is 0.275 e. The van der Waals surface area contributed by atoms with Gasteiger partial charge in [0.1, 0.15) is 23.1 Å². The zero-order valence-corrected chi connectivity index (χ0v) is 14.5. The number of anilines is 1. The van der Waals surface area contributed by atoms with Crippen molar-refractivity contribution in [3.05, 3.63) is 75.2 Å². The van der Waals surface area contributed by atoms with Gasteiger partial charge in [0.05, 0.1) is 0 Å². The van der Waals surface area contributed by atoms with E-state index >= 15 is 0 Å². The first-order valence-corrected chi connectivity index (χ1v) is 8.57. The van der Waals surface area contributed by atoms with Gasteiger partial charge >= 0.3 is 0 Å². The molecule has 0 aliphatic carbocycles. The molecule has 3 aromatic rings. The minimum absolute atomic E-state index is 0.231. The van der Waals surface area contributed by atoms with Crippen LogP contribution in [0.3, 0.4) is 0 Å². The number of rotatable bonds is 5. The summed E-state index contributed by atoms with van der Waals surface area (Å²) in [5, 5.41) is 5.98. The number of halogens is 1. The van der Waals surface area contributed by atoms with E-state index in [2.05, 4.69) is 10.3 Å². The highest BCUT2D eigenvalue weighted by molar-refractivity contribution is 7.09. The van der Waals surface area contributed by atoms with Gasteiger partial charge in [-0.25, -0.2) is 4.98 Å². The van der Waals surface area contributed by atoms with E-state index in [9.17, 15) is 4.79 Å². The summed E-state index contributed by atoms with van der Waals surface area (Å²) in [6.07, 6.45) is 0. The SMILES string of the molecule is Cc1cc(OCc2nc(C(=O)Nc3ccccc3)cs2)ccc1Cl. The Hall–Kier alpha value is -2.37. The number of nitrogens with zero attached hydrogens (tertiary/aromatic N) is 1. The van der Waals surface area contributed by atoms with E-state index in [0.29, 0.717) is 17.3 Å². The van der Waals surface area contributed by atoms with Crippen LogP contribution in [0.1, 0.15) is 21.1 Å². The van der Waals surface area contributed by atoms with Crippen molar-refractivity contribution in [2.24, 2.45) is 0 Å². The lowest BCUT2D eigenvalue weighted by Crippen LogP contribution is -2.12. The minimum Gasteiger partial charge on any atom is -0.486 e. The quantitative estimate of drug-likeness (QED) is 0.703. The number of hydrogen-bond acceptors (Lipinski definition) is 4. The van der Waals surface area contributed by atoms with Crippen molar-refractivity contribution in [2.75, 3.05) is 5.32 Å². The van der Waals surface area contributed by atoms with Crippen molar-refractivity contribution in [1.29, 1.82) is 0 Å². The van der Waals surface area contributed by atoms with Crippen LogP contribution in [0.5, 0.6) is 5.75 Å². The van der Waals surface area contributed by atoms with Crippen LogP contribution in [0.15, 0.2) is 53.9 Å². The maximum absolute atomic E-state index is 12.2. The summed E-state index contributed by atoms with van der Waals surface area (Å²) in [6.45, 7) is 2.23. The predicted octanol–water partition coefficient (Wildman–Crippen LogP) is 4.94. The van der Waals surface area contributed by atoms with Gasteiger partial charge in [0.25, 0.3) is 5.91 Å². The van der Waals surface area contributed by atoms with Gasteiger partial charge in [-0.05, 0) is 42.8 Å². The number of aryl methyl sites for hydroxylation is 1. The number of para-hydroxylation sites is 1. The van der Waals surface area contributed by atoms with Crippen LogP contribution in [0.25, 0.3) is 0 Å². The predicted molar refractivity (Wildman–Crippen MR) is 97.0 cm³/mol. The van der Waals surface area contributed by atoms with E-state index in [0.717, 1.165) is 22.0 Å². The summed E-state index contributed by atoms with van der Waals surface area (Å²) in [6, 6.07) is 14.8. The molecule has 1 amide bonds. The molecule has 0 aliphatic heterocycles. The first-order valence-electron chi connectivity index (χ1n) is 7.31. The van der Waals surface area contributed by atoms with Crippen LogP contribution in [-0.4, -0.2) is 10.9 Å². The molecule has 0 fully saturated rings. The molecule has 122 valence electrons. The van der Waals surface area contributed by atoms with Crippen LogP contribution in [-0.2, 0) is 6.61 Å². The molecule has 0 aliphatic rings. The molecule has 0 spiro atoms. The highest BCUT2D eigenvalue weighted by Gasteiger charge is 2.11. The third kappa shape index (κ3) is 4.13. The summed E-state index contributed by atoms with van der Waals surface area (Å²) in [7, 11) is 0. The number of ether oxygens (including phenoxy) is 1. The van der Waals surface area contributed by atoms with Crippen molar-refractivity contribution >= 4 is 34.5 Å². The summed E-state index contributed by atoms with van der Waals surface area (Å²) in [4.78, 5) is 16.5. The molecule has 1 heterocycles. The van der Waals surface area contributed by atoms with Crippen LogP contribution >= 0.6 is 22.9 Å². The molecular weight excluding hydrogens is 344 g/mol. The molecule has 6 heteroatoms. The molecule has 0 unspecified atom stereocenters. The molecule has 3 rings (SSSR count). The number of thiazole rings is 1. The molecule has 24 heavy (non-hydrogen) atoms. The van der Waals surface area contributed by atoms with Crippen molar-refractivity contribution in [2.45, 2.75) is 13.5 Å². The van der Waals surface area contributed by atoms with E-state index in [1.54, 1.807) is 11.4 Å². The third-order valence-corrected chi connectivity index (χ3v) is 4.55. The topological polar surface area (TPSA) is 51.2 Å². The lowest BCUT2D eigenvalue weighted by molar-refractivity contribution is 0.102. The number of aromatic nitrogens is 1. The Balaban J connectivity index is 1.60. The average Bonchev–Trinajstić information content (AvgIpc) is 3.06. The molecule has 1 N–H and O–H groups in total. The van der Waals surface area contributed by atoms with E-state index in [4.69, 9.17) is 16.3 Å². The molecule has 0 atom stereocenters. The first-order chi connectivity index (χ1) is 11.6. The molecule has 1 aromatic heterocycles. The van der Waals surface area contributed by atoms with Gasteiger partial charge in [-0.2, -0.15) is 0 Å². The summed E-state index contributed by atoms with van der Waals surface area (Å²) < 4.78 is 5.70. The summed E-state index contributed by atoms with van der Waals surface area (Å²) in [5.74, 6) is 0.494. The average molecular weight is 359 g/mol. The highest BCUT2D eigenvalue weighted by atomic mass is 35.5. The molecule has 0 bridgehead atoms. The molecule has 2 aromatic carbocycles. The fraction of sp³-hybridized carbons (Fsp3) is 0.111. The van der Waals surface area contributed by atoms with Gasteiger partial charge in [0, 0.05) is 16.1 Å². The summed E-state index contributed by atoms with van der Waals surface area (Å²) in [5.41, 5.74) is 2.08. The highest BCUT2D eigenvalue weighted by Crippen LogP contribution is 2.22.